The summed E-state index contributed by atoms with van der Waals surface area (Å²) in [5, 5.41) is 2.79. The predicted molar refractivity (Wildman–Crippen MR) is 134 cm³/mol. The van der Waals surface area contributed by atoms with Gasteiger partial charge < -0.3 is 10.1 Å². The normalized spacial score (nSPS) is 12.0. The lowest BCUT2D eigenvalue weighted by Gasteiger charge is -2.21. The van der Waals surface area contributed by atoms with Gasteiger partial charge in [-0.1, -0.05) is 44.5 Å². The minimum Gasteiger partial charge on any atom is -0.455 e. The Kier molecular flexibility index (Phi) is 7.35. The molecule has 182 valence electrons. The summed E-state index contributed by atoms with van der Waals surface area (Å²) < 4.78 is 45.4. The molecular weight excluding hydrogens is 479 g/mol. The van der Waals surface area contributed by atoms with Gasteiger partial charge in [0, 0.05) is 21.2 Å². The molecule has 9 heteroatoms. The van der Waals surface area contributed by atoms with E-state index in [4.69, 9.17) is 16.3 Å². The summed E-state index contributed by atoms with van der Waals surface area (Å²) >= 11 is 6.13. The number of carbonyl (C=O) groups is 1. The van der Waals surface area contributed by atoms with Crippen molar-refractivity contribution in [1.29, 1.82) is 0 Å². The van der Waals surface area contributed by atoms with Gasteiger partial charge in [-0.05, 0) is 59.5 Å². The van der Waals surface area contributed by atoms with Crippen LogP contribution in [-0.2, 0) is 15.4 Å². The molecule has 3 aromatic carbocycles. The molecule has 0 heterocycles. The number of ether oxygens (including phenoxy) is 1. The van der Waals surface area contributed by atoms with E-state index in [0.717, 1.165) is 15.9 Å². The van der Waals surface area contributed by atoms with Gasteiger partial charge >= 0.3 is 0 Å². The molecule has 0 fully saturated rings. The quantitative estimate of drug-likeness (QED) is 0.424. The Morgan fingerprint density at radius 1 is 1.03 bits per heavy atom. The van der Waals surface area contributed by atoms with E-state index in [2.05, 4.69) is 5.32 Å². The van der Waals surface area contributed by atoms with Gasteiger partial charge in [-0.3, -0.25) is 4.79 Å². The van der Waals surface area contributed by atoms with E-state index in [1.807, 2.05) is 26.8 Å². The molecule has 3 rings (SSSR count). The van der Waals surface area contributed by atoms with Crippen LogP contribution in [0.25, 0.3) is 0 Å². The number of anilines is 1. The van der Waals surface area contributed by atoms with E-state index in [-0.39, 0.29) is 33.8 Å². The number of rotatable bonds is 6. The standard InChI is InChI=1S/C25H26ClFN2O4S.H2/c1-25(2,3)16-9-11-20(23(13-16)33-22-12-10-17(27)14-21(22)26)24(30)28-18-7-6-8-19(15-18)34(31,32)29(4)5;/h6-15H,1-5H3,(H,28,30);1H. The molecule has 1 amide bonds. The third kappa shape index (κ3) is 5.75. The first-order valence-electron chi connectivity index (χ1n) is 10.4. The molecule has 0 unspecified atom stereocenters. The van der Waals surface area contributed by atoms with Crippen LogP contribution in [0.5, 0.6) is 11.5 Å². The van der Waals surface area contributed by atoms with Crippen molar-refractivity contribution in [3.8, 4) is 11.5 Å². The first-order valence-corrected chi connectivity index (χ1v) is 12.2. The van der Waals surface area contributed by atoms with Gasteiger partial charge in [0.1, 0.15) is 17.3 Å². The number of benzene rings is 3. The molecule has 0 radical (unpaired) electrons. The minimum atomic E-state index is -3.67. The monoisotopic (exact) mass is 506 g/mol. The highest BCUT2D eigenvalue weighted by Crippen LogP contribution is 2.35. The molecular formula is C25H28ClFN2O4S. The first kappa shape index (κ1) is 25.7. The summed E-state index contributed by atoms with van der Waals surface area (Å²) in [4.78, 5) is 13.2. The summed E-state index contributed by atoms with van der Waals surface area (Å²) in [6.45, 7) is 6.06. The van der Waals surface area contributed by atoms with Crippen LogP contribution < -0.4 is 10.1 Å². The van der Waals surface area contributed by atoms with Crippen molar-refractivity contribution in [2.75, 3.05) is 19.4 Å². The van der Waals surface area contributed by atoms with Crippen molar-refractivity contribution in [2.24, 2.45) is 0 Å². The summed E-state index contributed by atoms with van der Waals surface area (Å²) in [6.07, 6.45) is 0. The Bertz CT molecular complexity index is 1340. The molecule has 6 nitrogen and oxygen atoms in total. The van der Waals surface area contributed by atoms with Crippen LogP contribution in [-0.4, -0.2) is 32.7 Å². The average Bonchev–Trinajstić information content (AvgIpc) is 2.75. The summed E-state index contributed by atoms with van der Waals surface area (Å²) in [6, 6.07) is 14.9. The Morgan fingerprint density at radius 3 is 2.35 bits per heavy atom. The molecule has 0 atom stereocenters. The van der Waals surface area contributed by atoms with Crippen molar-refractivity contribution in [2.45, 2.75) is 31.1 Å². The molecule has 0 saturated carbocycles. The van der Waals surface area contributed by atoms with Gasteiger partial charge in [0.2, 0.25) is 10.0 Å². The number of hydrogen-bond acceptors (Lipinski definition) is 4. The second-order valence-corrected chi connectivity index (χ2v) is 11.5. The maximum absolute atomic E-state index is 13.5. The van der Waals surface area contributed by atoms with Crippen molar-refractivity contribution in [1.82, 2.24) is 4.31 Å². The molecule has 1 N–H and O–H groups in total. The third-order valence-corrected chi connectivity index (χ3v) is 7.18. The second-order valence-electron chi connectivity index (χ2n) is 8.91. The molecule has 0 aliphatic heterocycles. The van der Waals surface area contributed by atoms with E-state index in [1.165, 1.54) is 38.4 Å². The van der Waals surface area contributed by atoms with Crippen LogP contribution in [0.1, 0.15) is 38.1 Å². The molecule has 0 saturated heterocycles. The van der Waals surface area contributed by atoms with Crippen LogP contribution in [0.15, 0.2) is 65.6 Å². The fourth-order valence-electron chi connectivity index (χ4n) is 3.08. The molecule has 0 bridgehead atoms. The molecule has 0 aliphatic carbocycles. The van der Waals surface area contributed by atoms with E-state index < -0.39 is 21.7 Å². The van der Waals surface area contributed by atoms with E-state index in [9.17, 15) is 17.6 Å². The van der Waals surface area contributed by atoms with Crippen molar-refractivity contribution in [3.63, 3.8) is 0 Å². The van der Waals surface area contributed by atoms with Crippen molar-refractivity contribution < 1.29 is 23.8 Å². The SMILES string of the molecule is CN(C)S(=O)(=O)c1cccc(NC(=O)c2ccc(C(C)(C)C)cc2Oc2ccc(F)cc2Cl)c1.[HH]. The Balaban J connectivity index is 0.00000432. The number of sulfonamides is 1. The smallest absolute Gasteiger partial charge is 0.259 e. The predicted octanol–water partition coefficient (Wildman–Crippen LogP) is 6.32. The molecule has 0 spiro atoms. The van der Waals surface area contributed by atoms with E-state index in [0.29, 0.717) is 5.69 Å². The average molecular weight is 507 g/mol. The van der Waals surface area contributed by atoms with Crippen molar-refractivity contribution in [3.05, 3.63) is 82.6 Å². The Morgan fingerprint density at radius 2 is 1.74 bits per heavy atom. The van der Waals surface area contributed by atoms with Gasteiger partial charge in [0.05, 0.1) is 15.5 Å². The lowest BCUT2D eigenvalue weighted by atomic mass is 9.86. The van der Waals surface area contributed by atoms with Gasteiger partial charge in [-0.25, -0.2) is 17.1 Å². The van der Waals surface area contributed by atoms with Gasteiger partial charge in [0.15, 0.2) is 0 Å². The maximum Gasteiger partial charge on any atom is 0.259 e. The van der Waals surface area contributed by atoms with Gasteiger partial charge in [-0.15, -0.1) is 0 Å². The van der Waals surface area contributed by atoms with Crippen LogP contribution in [0, 0.1) is 5.82 Å². The Labute approximate surface area is 205 Å². The van der Waals surface area contributed by atoms with Crippen LogP contribution in [0.2, 0.25) is 5.02 Å². The van der Waals surface area contributed by atoms with Crippen LogP contribution in [0.3, 0.4) is 0 Å². The molecule has 0 aliphatic rings. The third-order valence-electron chi connectivity index (χ3n) is 5.08. The largest absolute Gasteiger partial charge is 0.455 e. The van der Waals surface area contributed by atoms with E-state index in [1.54, 1.807) is 24.3 Å². The number of carbonyl (C=O) groups excluding carboxylic acids is 1. The lowest BCUT2D eigenvalue weighted by molar-refractivity contribution is 0.102. The number of halogens is 2. The topological polar surface area (TPSA) is 75.7 Å². The highest BCUT2D eigenvalue weighted by molar-refractivity contribution is 7.89. The summed E-state index contributed by atoms with van der Waals surface area (Å²) in [5.74, 6) is -0.586. The number of nitrogens with one attached hydrogen (secondary N) is 1. The zero-order valence-corrected chi connectivity index (χ0v) is 21.1. The zero-order valence-electron chi connectivity index (χ0n) is 19.5. The second kappa shape index (κ2) is 9.74. The first-order chi connectivity index (χ1) is 15.8. The number of amides is 1. The summed E-state index contributed by atoms with van der Waals surface area (Å²) in [5.41, 5.74) is 1.19. The zero-order chi connectivity index (χ0) is 25.3. The summed E-state index contributed by atoms with van der Waals surface area (Å²) in [7, 11) is -0.803. The van der Waals surface area contributed by atoms with Crippen LogP contribution in [0.4, 0.5) is 10.1 Å². The fraction of sp³-hybridized carbons (Fsp3) is 0.240. The molecule has 0 aromatic heterocycles. The van der Waals surface area contributed by atoms with Gasteiger partial charge in [0.25, 0.3) is 5.91 Å². The highest BCUT2D eigenvalue weighted by Gasteiger charge is 2.22. The number of nitrogens with zero attached hydrogens (tertiary/aromatic N) is 1. The van der Waals surface area contributed by atoms with Crippen LogP contribution >= 0.6 is 11.6 Å². The highest BCUT2D eigenvalue weighted by atomic mass is 35.5. The van der Waals surface area contributed by atoms with E-state index >= 15 is 0 Å². The molecule has 34 heavy (non-hydrogen) atoms. The lowest BCUT2D eigenvalue weighted by Crippen LogP contribution is -2.22. The Hall–Kier alpha value is -2.94. The number of hydrogen-bond donors (Lipinski definition) is 1. The molecule has 3 aromatic rings. The van der Waals surface area contributed by atoms with Gasteiger partial charge in [-0.2, -0.15) is 0 Å². The van der Waals surface area contributed by atoms with Crippen molar-refractivity contribution >= 4 is 33.2 Å². The fourth-order valence-corrected chi connectivity index (χ4v) is 4.23. The minimum absolute atomic E-state index is 0. The maximum atomic E-state index is 13.5.